The predicted molar refractivity (Wildman–Crippen MR) is 63.2 cm³/mol. The van der Waals surface area contributed by atoms with Crippen LogP contribution in [0.25, 0.3) is 0 Å². The number of rotatable bonds is 3. The number of hydrogen-bond donors (Lipinski definition) is 1. The van der Waals surface area contributed by atoms with Crippen molar-refractivity contribution < 1.29 is 0 Å². The van der Waals surface area contributed by atoms with Gasteiger partial charge in [0.25, 0.3) is 0 Å². The molecule has 76 valence electrons. The fraction of sp³-hybridized carbons (Fsp3) is 0.500. The molecule has 0 aromatic heterocycles. The summed E-state index contributed by atoms with van der Waals surface area (Å²) in [5.41, 5.74) is 7.93. The Morgan fingerprint density at radius 2 is 2.07 bits per heavy atom. The van der Waals surface area contributed by atoms with Gasteiger partial charge in [-0.05, 0) is 36.3 Å². The van der Waals surface area contributed by atoms with Crippen molar-refractivity contribution in [3.05, 3.63) is 34.3 Å². The van der Waals surface area contributed by atoms with Crippen molar-refractivity contribution in [3.63, 3.8) is 0 Å². The summed E-state index contributed by atoms with van der Waals surface area (Å²) in [6.45, 7) is 2.29. The van der Waals surface area contributed by atoms with Crippen molar-refractivity contribution in [2.45, 2.75) is 32.2 Å². The SMILES string of the molecule is CC1(C(N)Cc2ccccc2Br)CC1. The molecule has 2 N–H and O–H groups in total. The summed E-state index contributed by atoms with van der Waals surface area (Å²) < 4.78 is 1.18. The van der Waals surface area contributed by atoms with Gasteiger partial charge in [-0.2, -0.15) is 0 Å². The molecule has 1 fully saturated rings. The molecule has 0 saturated heterocycles. The molecular formula is C12H16BrN. The van der Waals surface area contributed by atoms with Crippen LogP contribution in [-0.2, 0) is 6.42 Å². The van der Waals surface area contributed by atoms with E-state index in [0.717, 1.165) is 6.42 Å². The first-order valence-corrected chi connectivity index (χ1v) is 5.90. The summed E-state index contributed by atoms with van der Waals surface area (Å²) in [6.07, 6.45) is 3.56. The lowest BCUT2D eigenvalue weighted by molar-refractivity contribution is 0.432. The Morgan fingerprint density at radius 1 is 1.43 bits per heavy atom. The third kappa shape index (κ3) is 2.01. The lowest BCUT2D eigenvalue weighted by Crippen LogP contribution is -2.31. The van der Waals surface area contributed by atoms with Gasteiger partial charge in [0.1, 0.15) is 0 Å². The highest BCUT2D eigenvalue weighted by Gasteiger charge is 2.42. The second-order valence-electron chi connectivity index (χ2n) is 4.56. The van der Waals surface area contributed by atoms with Crippen LogP contribution in [0.4, 0.5) is 0 Å². The van der Waals surface area contributed by atoms with Crippen LogP contribution in [-0.4, -0.2) is 6.04 Å². The van der Waals surface area contributed by atoms with Gasteiger partial charge in [-0.1, -0.05) is 41.1 Å². The third-order valence-corrected chi connectivity index (χ3v) is 4.11. The van der Waals surface area contributed by atoms with Crippen molar-refractivity contribution in [3.8, 4) is 0 Å². The van der Waals surface area contributed by atoms with Gasteiger partial charge >= 0.3 is 0 Å². The zero-order valence-electron chi connectivity index (χ0n) is 8.46. The molecule has 0 radical (unpaired) electrons. The van der Waals surface area contributed by atoms with Gasteiger partial charge in [0.05, 0.1) is 0 Å². The summed E-state index contributed by atoms with van der Waals surface area (Å²) in [6, 6.07) is 8.65. The van der Waals surface area contributed by atoms with Gasteiger partial charge in [0.15, 0.2) is 0 Å². The average molecular weight is 254 g/mol. The lowest BCUT2D eigenvalue weighted by atomic mass is 9.93. The number of benzene rings is 1. The molecule has 1 aliphatic rings. The smallest absolute Gasteiger partial charge is 0.0207 e. The van der Waals surface area contributed by atoms with Crippen LogP contribution in [0.3, 0.4) is 0 Å². The summed E-state index contributed by atoms with van der Waals surface area (Å²) in [4.78, 5) is 0. The van der Waals surface area contributed by atoms with Crippen LogP contribution in [0.5, 0.6) is 0 Å². The molecule has 0 aliphatic heterocycles. The second-order valence-corrected chi connectivity index (χ2v) is 5.41. The van der Waals surface area contributed by atoms with Crippen molar-refractivity contribution in [2.24, 2.45) is 11.1 Å². The van der Waals surface area contributed by atoms with Crippen LogP contribution >= 0.6 is 15.9 Å². The van der Waals surface area contributed by atoms with Gasteiger partial charge in [-0.3, -0.25) is 0 Å². The van der Waals surface area contributed by atoms with E-state index in [1.807, 2.05) is 6.07 Å². The van der Waals surface area contributed by atoms with Crippen LogP contribution in [0, 0.1) is 5.41 Å². The standard InChI is InChI=1S/C12H16BrN/c1-12(6-7-12)11(14)8-9-4-2-3-5-10(9)13/h2-5,11H,6-8,14H2,1H3. The molecule has 14 heavy (non-hydrogen) atoms. The lowest BCUT2D eigenvalue weighted by Gasteiger charge is -2.19. The largest absolute Gasteiger partial charge is 0.327 e. The average Bonchev–Trinajstić information content (AvgIpc) is 2.89. The molecule has 1 aromatic carbocycles. The second kappa shape index (κ2) is 3.67. The fourth-order valence-corrected chi connectivity index (χ4v) is 2.16. The minimum atomic E-state index is 0.307. The normalized spacial score (nSPS) is 20.5. The molecule has 1 aromatic rings. The Morgan fingerprint density at radius 3 is 2.64 bits per heavy atom. The number of hydrogen-bond acceptors (Lipinski definition) is 1. The van der Waals surface area contributed by atoms with E-state index in [2.05, 4.69) is 41.1 Å². The van der Waals surface area contributed by atoms with E-state index in [9.17, 15) is 0 Å². The quantitative estimate of drug-likeness (QED) is 0.881. The van der Waals surface area contributed by atoms with Gasteiger partial charge in [-0.15, -0.1) is 0 Å². The van der Waals surface area contributed by atoms with Crippen molar-refractivity contribution in [2.75, 3.05) is 0 Å². The first kappa shape index (κ1) is 10.2. The maximum absolute atomic E-state index is 6.19. The fourth-order valence-electron chi connectivity index (χ4n) is 1.72. The summed E-state index contributed by atoms with van der Waals surface area (Å²) in [5.74, 6) is 0. The first-order chi connectivity index (χ1) is 6.62. The van der Waals surface area contributed by atoms with Gasteiger partial charge in [0.2, 0.25) is 0 Å². The highest BCUT2D eigenvalue weighted by molar-refractivity contribution is 9.10. The summed E-state index contributed by atoms with van der Waals surface area (Å²) in [5, 5.41) is 0. The summed E-state index contributed by atoms with van der Waals surface area (Å²) >= 11 is 3.56. The Kier molecular flexibility index (Phi) is 2.67. The minimum Gasteiger partial charge on any atom is -0.327 e. The van der Waals surface area contributed by atoms with Crippen LogP contribution in [0.2, 0.25) is 0 Å². The van der Waals surface area contributed by atoms with E-state index in [-0.39, 0.29) is 0 Å². The highest BCUT2D eigenvalue weighted by atomic mass is 79.9. The zero-order valence-corrected chi connectivity index (χ0v) is 10.0. The van der Waals surface area contributed by atoms with Crippen LogP contribution in [0.15, 0.2) is 28.7 Å². The highest BCUT2D eigenvalue weighted by Crippen LogP contribution is 2.48. The van der Waals surface area contributed by atoms with E-state index in [1.165, 1.54) is 22.9 Å². The van der Waals surface area contributed by atoms with E-state index < -0.39 is 0 Å². The molecule has 2 heteroatoms. The topological polar surface area (TPSA) is 26.0 Å². The van der Waals surface area contributed by atoms with Crippen molar-refractivity contribution in [1.82, 2.24) is 0 Å². The third-order valence-electron chi connectivity index (χ3n) is 3.33. The number of halogens is 1. The zero-order chi connectivity index (χ0) is 10.2. The molecule has 1 nitrogen and oxygen atoms in total. The van der Waals surface area contributed by atoms with Crippen molar-refractivity contribution >= 4 is 15.9 Å². The molecule has 0 spiro atoms. The van der Waals surface area contributed by atoms with Crippen LogP contribution < -0.4 is 5.73 Å². The maximum atomic E-state index is 6.19. The molecule has 2 rings (SSSR count). The Labute approximate surface area is 93.8 Å². The molecule has 0 bridgehead atoms. The van der Waals surface area contributed by atoms with Crippen LogP contribution in [0.1, 0.15) is 25.3 Å². The van der Waals surface area contributed by atoms with Crippen molar-refractivity contribution in [1.29, 1.82) is 0 Å². The minimum absolute atomic E-state index is 0.307. The monoisotopic (exact) mass is 253 g/mol. The molecule has 1 saturated carbocycles. The molecule has 0 heterocycles. The molecule has 1 aliphatic carbocycles. The molecule has 0 amide bonds. The van der Waals surface area contributed by atoms with E-state index in [1.54, 1.807) is 0 Å². The predicted octanol–water partition coefficient (Wildman–Crippen LogP) is 3.12. The van der Waals surface area contributed by atoms with E-state index in [4.69, 9.17) is 5.73 Å². The Hall–Kier alpha value is -0.340. The maximum Gasteiger partial charge on any atom is 0.0207 e. The Bertz CT molecular complexity index is 331. The molecular weight excluding hydrogens is 238 g/mol. The molecule has 1 atom stereocenters. The van der Waals surface area contributed by atoms with E-state index >= 15 is 0 Å². The van der Waals surface area contributed by atoms with Gasteiger partial charge in [0, 0.05) is 10.5 Å². The van der Waals surface area contributed by atoms with Gasteiger partial charge < -0.3 is 5.73 Å². The first-order valence-electron chi connectivity index (χ1n) is 5.11. The number of nitrogens with two attached hydrogens (primary N) is 1. The summed E-state index contributed by atoms with van der Waals surface area (Å²) in [7, 11) is 0. The Balaban J connectivity index is 2.07. The van der Waals surface area contributed by atoms with Gasteiger partial charge in [-0.25, -0.2) is 0 Å². The van der Waals surface area contributed by atoms with E-state index in [0.29, 0.717) is 11.5 Å². The molecule has 1 unspecified atom stereocenters.